The predicted molar refractivity (Wildman–Crippen MR) is 245 cm³/mol. The van der Waals surface area contributed by atoms with Gasteiger partial charge in [-0.1, -0.05) is 6.07 Å². The first-order valence-electron chi connectivity index (χ1n) is 21.6. The number of thiophene rings is 2. The topological polar surface area (TPSA) is 101 Å². The van der Waals surface area contributed by atoms with Crippen molar-refractivity contribution >= 4 is 63.7 Å². The molecule has 0 bridgehead atoms. The number of nitrogens with zero attached hydrogens (tertiary/aromatic N) is 3. The number of likely N-dealkylation sites (tertiary alicyclic amines) is 2. The minimum atomic E-state index is -0.427. The van der Waals surface area contributed by atoms with Gasteiger partial charge in [0.15, 0.2) is 0 Å². The van der Waals surface area contributed by atoms with E-state index in [4.69, 9.17) is 14.2 Å². The maximum absolute atomic E-state index is 12.3. The zero-order valence-corrected chi connectivity index (χ0v) is 43.4. The third-order valence-corrected chi connectivity index (χ3v) is 13.6. The van der Waals surface area contributed by atoms with E-state index >= 15 is 0 Å². The molecular weight excluding hydrogens is 873 g/mol. The summed E-state index contributed by atoms with van der Waals surface area (Å²) in [5, 5.41) is 9.84. The number of ketones is 1. The third kappa shape index (κ3) is 19.2. The predicted octanol–water partition coefficient (Wildman–Crippen LogP) is 7.05. The smallest absolute Gasteiger partial charge is 1.00 e. The molecule has 0 unspecified atom stereocenters. The Kier molecular flexibility index (Phi) is 25.7. The van der Waals surface area contributed by atoms with E-state index in [1.165, 1.54) is 43.4 Å². The van der Waals surface area contributed by atoms with E-state index in [1.807, 2.05) is 94.3 Å². The summed E-state index contributed by atoms with van der Waals surface area (Å²) in [5.41, 5.74) is 0.0793. The molecule has 2 saturated carbocycles. The maximum atomic E-state index is 12.3. The standard InChI is InChI=1S/C21H34N2O2S.C15H25NO3.C4H8O.C4H3S.C2H7N.BrH.Mg/c1-19(2,3)25-18(24)23-14-12-20(13-15-23)8-10-21(11-9-20,22(4)5)17-7-6-16-26-17;1-14(2,3)19-13(18)16-10-8-15(9-11-16)6-4-12(17)5-7-15;2*1-2-4-5-3-1;1-3-2;;/h6-7,16H,8-15H2,1-5H3;4-11H2,1-3H3;1-4H2;1-3H;3H,1-2H3;1H;/q;;;-1;;;+2/p-1. The number of piperidine rings is 2. The Labute approximate surface area is 398 Å². The average Bonchev–Trinajstić information content (AvgIpc) is 4.01. The summed E-state index contributed by atoms with van der Waals surface area (Å²) < 4.78 is 15.9. The number of nitrogens with one attached hydrogen (secondary N) is 1. The van der Waals surface area contributed by atoms with Crippen LogP contribution in [0.25, 0.3) is 0 Å². The molecule has 7 rings (SSSR count). The van der Waals surface area contributed by atoms with Gasteiger partial charge in [0.25, 0.3) is 0 Å². The van der Waals surface area contributed by atoms with Crippen molar-refractivity contribution in [2.24, 2.45) is 10.8 Å². The molecule has 2 aromatic rings. The second kappa shape index (κ2) is 27.2. The molecule has 60 heavy (non-hydrogen) atoms. The first-order chi connectivity index (χ1) is 27.4. The quantitative estimate of drug-likeness (QED) is 0.253. The number of halogens is 1. The second-order valence-electron chi connectivity index (χ2n) is 18.9. The Morgan fingerprint density at radius 1 is 0.750 bits per heavy atom. The van der Waals surface area contributed by atoms with E-state index in [2.05, 4.69) is 47.2 Å². The van der Waals surface area contributed by atoms with E-state index in [1.54, 1.807) is 11.3 Å². The largest absolute Gasteiger partial charge is 2.00 e. The Bertz CT molecular complexity index is 1420. The van der Waals surface area contributed by atoms with Gasteiger partial charge in [0, 0.05) is 57.1 Å². The second-order valence-corrected chi connectivity index (χ2v) is 20.6. The van der Waals surface area contributed by atoms with E-state index < -0.39 is 11.2 Å². The molecule has 0 aromatic carbocycles. The summed E-state index contributed by atoms with van der Waals surface area (Å²) in [6.07, 6.45) is 14.9. The molecule has 0 radical (unpaired) electrons. The zero-order valence-electron chi connectivity index (χ0n) is 38.8. The normalized spacial score (nSPS) is 20.2. The van der Waals surface area contributed by atoms with Gasteiger partial charge in [-0.05, 0) is 169 Å². The number of rotatable bonds is 2. The Morgan fingerprint density at radius 2 is 1.20 bits per heavy atom. The van der Waals surface area contributed by atoms with Crippen molar-refractivity contribution in [1.82, 2.24) is 20.0 Å². The molecule has 338 valence electrons. The van der Waals surface area contributed by atoms with Crippen molar-refractivity contribution in [3.63, 3.8) is 0 Å². The van der Waals surface area contributed by atoms with E-state index in [9.17, 15) is 14.4 Å². The Balaban J connectivity index is 0.000000458. The molecule has 2 aliphatic carbocycles. The molecule has 2 spiro atoms. The summed E-state index contributed by atoms with van der Waals surface area (Å²) in [6, 6.07) is 8.33. The van der Waals surface area contributed by atoms with Gasteiger partial charge in [-0.3, -0.25) is 9.69 Å². The van der Waals surface area contributed by atoms with Crippen LogP contribution in [0.5, 0.6) is 0 Å². The van der Waals surface area contributed by atoms with Crippen LogP contribution in [0.2, 0.25) is 0 Å². The SMILES string of the molecule is C1CCOC1.CC(C)(C)OC(=O)N1CCC2(CCC(=O)CC2)CC1.CN(C)C1(c2cccs2)CCC2(CCN(C(=O)OC(C)(C)C)CC2)CC1.CNC.[Br-].[Mg+2].[c-]1cccs1. The fourth-order valence-electron chi connectivity index (χ4n) is 8.40. The Morgan fingerprint density at radius 3 is 1.50 bits per heavy atom. The molecule has 0 atom stereocenters. The summed E-state index contributed by atoms with van der Waals surface area (Å²) in [7, 11) is 8.20. The summed E-state index contributed by atoms with van der Waals surface area (Å²) >= 11 is 3.48. The number of hydrogen-bond acceptors (Lipinski definition) is 10. The monoisotopic (exact) mass is 948 g/mol. The van der Waals surface area contributed by atoms with Crippen LogP contribution in [0.15, 0.2) is 35.0 Å². The number of ether oxygens (including phenoxy) is 3. The summed E-state index contributed by atoms with van der Waals surface area (Å²) in [5.74, 6) is 0.403. The molecule has 3 aliphatic heterocycles. The van der Waals surface area contributed by atoms with Crippen molar-refractivity contribution in [3.8, 4) is 0 Å². The van der Waals surface area contributed by atoms with Gasteiger partial charge >= 0.3 is 35.2 Å². The van der Waals surface area contributed by atoms with Crippen LogP contribution in [0.3, 0.4) is 0 Å². The summed E-state index contributed by atoms with van der Waals surface area (Å²) in [6.45, 7) is 16.7. The van der Waals surface area contributed by atoms with Gasteiger partial charge in [0.1, 0.15) is 17.0 Å². The molecule has 1 N–H and O–H groups in total. The van der Waals surface area contributed by atoms with Crippen LogP contribution in [0, 0.1) is 16.2 Å². The molecule has 5 aliphatic rings. The van der Waals surface area contributed by atoms with Gasteiger partial charge in [-0.2, -0.15) is 11.4 Å². The minimum absolute atomic E-state index is 0. The van der Waals surface area contributed by atoms with Crippen LogP contribution in [-0.2, 0) is 24.5 Å². The molecule has 10 nitrogen and oxygen atoms in total. The van der Waals surface area contributed by atoms with Gasteiger partial charge in [-0.25, -0.2) is 15.7 Å². The fraction of sp³-hybridized carbons (Fsp3) is 0.761. The van der Waals surface area contributed by atoms with Gasteiger partial charge in [0.2, 0.25) is 0 Å². The van der Waals surface area contributed by atoms with Crippen molar-refractivity contribution in [3.05, 3.63) is 45.3 Å². The number of Topliss-reactive ketones (excluding diaryl/α,β-unsaturated/α-hetero) is 1. The zero-order chi connectivity index (χ0) is 42.9. The first-order valence-corrected chi connectivity index (χ1v) is 23.4. The molecule has 3 saturated heterocycles. The van der Waals surface area contributed by atoms with Gasteiger partial charge < -0.3 is 57.6 Å². The molecular formula is C46H77BrMgN4O6S2. The Hall–Kier alpha value is -1.26. The number of carbonyl (C=O) groups excluding carboxylic acids is 3. The maximum Gasteiger partial charge on any atom is 2.00 e. The number of carbonyl (C=O) groups is 3. The number of hydrogen-bond donors (Lipinski definition) is 1. The third-order valence-electron chi connectivity index (χ3n) is 12.0. The summed E-state index contributed by atoms with van der Waals surface area (Å²) in [4.78, 5) is 43.3. The van der Waals surface area contributed by atoms with Crippen LogP contribution in [0.1, 0.15) is 136 Å². The molecule has 2 aromatic heterocycles. The molecule has 5 heterocycles. The van der Waals surface area contributed by atoms with E-state index in [0.29, 0.717) is 16.6 Å². The van der Waals surface area contributed by atoms with E-state index in [-0.39, 0.29) is 57.8 Å². The van der Waals surface area contributed by atoms with Crippen LogP contribution in [-0.4, -0.2) is 135 Å². The van der Waals surface area contributed by atoms with Crippen LogP contribution >= 0.6 is 22.7 Å². The minimum Gasteiger partial charge on any atom is -1.00 e. The fourth-order valence-corrected chi connectivity index (χ4v) is 9.86. The molecule has 2 amide bonds. The van der Waals surface area contributed by atoms with Crippen molar-refractivity contribution < 1.29 is 45.6 Å². The van der Waals surface area contributed by atoms with Crippen molar-refractivity contribution in [2.45, 2.75) is 148 Å². The average molecular weight is 950 g/mol. The first kappa shape index (κ1) is 56.8. The van der Waals surface area contributed by atoms with Crippen molar-refractivity contribution in [1.29, 1.82) is 0 Å². The van der Waals surface area contributed by atoms with Crippen molar-refractivity contribution in [2.75, 3.05) is 67.6 Å². The van der Waals surface area contributed by atoms with Gasteiger partial charge in [0.05, 0.1) is 5.54 Å². The number of amides is 2. The van der Waals surface area contributed by atoms with Crippen LogP contribution in [0.4, 0.5) is 9.59 Å². The van der Waals surface area contributed by atoms with Gasteiger partial charge in [-0.15, -0.1) is 16.7 Å². The molecule has 5 fully saturated rings. The molecule has 14 heteroatoms. The van der Waals surface area contributed by atoms with Crippen LogP contribution < -0.4 is 22.3 Å². The van der Waals surface area contributed by atoms with E-state index in [0.717, 1.165) is 90.8 Å².